The molecular formula is C12H8BrFOS. The average Bonchev–Trinajstić information content (AvgIpc) is 2.67. The normalized spacial score (nSPS) is 10.4. The molecule has 0 saturated carbocycles. The molecular weight excluding hydrogens is 291 g/mol. The van der Waals surface area contributed by atoms with E-state index in [1.165, 1.54) is 23.5 Å². The Morgan fingerprint density at radius 1 is 1.38 bits per heavy atom. The van der Waals surface area contributed by atoms with Crippen molar-refractivity contribution in [3.05, 3.63) is 55.9 Å². The van der Waals surface area contributed by atoms with Crippen LogP contribution in [0.5, 0.6) is 0 Å². The number of halogens is 2. The molecule has 1 aromatic heterocycles. The summed E-state index contributed by atoms with van der Waals surface area (Å²) >= 11 is 4.74. The molecule has 0 aliphatic carbocycles. The van der Waals surface area contributed by atoms with Gasteiger partial charge in [0.2, 0.25) is 0 Å². The number of benzene rings is 1. The maximum absolute atomic E-state index is 13.1. The van der Waals surface area contributed by atoms with Gasteiger partial charge in [-0.25, -0.2) is 4.39 Å². The number of carbonyl (C=O) groups is 1. The first-order valence-electron chi connectivity index (χ1n) is 4.63. The summed E-state index contributed by atoms with van der Waals surface area (Å²) in [6.45, 7) is 1.80. The second kappa shape index (κ2) is 4.47. The fourth-order valence-electron chi connectivity index (χ4n) is 1.42. The minimum Gasteiger partial charge on any atom is -0.289 e. The molecule has 1 aromatic carbocycles. The van der Waals surface area contributed by atoms with Crippen LogP contribution in [0.4, 0.5) is 4.39 Å². The van der Waals surface area contributed by atoms with Crippen LogP contribution < -0.4 is 0 Å². The van der Waals surface area contributed by atoms with Crippen molar-refractivity contribution in [2.45, 2.75) is 6.92 Å². The van der Waals surface area contributed by atoms with Gasteiger partial charge in [-0.05, 0) is 46.6 Å². The molecule has 82 valence electrons. The Bertz CT molecular complexity index is 548. The zero-order chi connectivity index (χ0) is 11.7. The number of ketones is 1. The van der Waals surface area contributed by atoms with Crippen molar-refractivity contribution in [3.8, 4) is 0 Å². The van der Waals surface area contributed by atoms with Gasteiger partial charge in [0.25, 0.3) is 0 Å². The lowest BCUT2D eigenvalue weighted by atomic mass is 10.0. The summed E-state index contributed by atoms with van der Waals surface area (Å²) in [6.07, 6.45) is 0. The molecule has 0 atom stereocenters. The average molecular weight is 299 g/mol. The lowest BCUT2D eigenvalue weighted by Gasteiger charge is -2.03. The summed E-state index contributed by atoms with van der Waals surface area (Å²) in [5, 5.41) is 1.76. The molecule has 2 aromatic rings. The Morgan fingerprint density at radius 2 is 2.12 bits per heavy atom. The molecule has 0 N–H and O–H groups in total. The Balaban J connectivity index is 2.45. The fraction of sp³-hybridized carbons (Fsp3) is 0.0833. The van der Waals surface area contributed by atoms with E-state index in [2.05, 4.69) is 15.9 Å². The van der Waals surface area contributed by atoms with Gasteiger partial charge in [0.05, 0.1) is 3.79 Å². The number of aryl methyl sites for hydroxylation is 1. The van der Waals surface area contributed by atoms with Gasteiger partial charge < -0.3 is 0 Å². The summed E-state index contributed by atoms with van der Waals surface area (Å²) < 4.78 is 14.0. The summed E-state index contributed by atoms with van der Waals surface area (Å²) in [7, 11) is 0. The van der Waals surface area contributed by atoms with Gasteiger partial charge in [-0.15, -0.1) is 11.3 Å². The van der Waals surface area contributed by atoms with Crippen LogP contribution in [0.3, 0.4) is 0 Å². The molecule has 0 saturated heterocycles. The largest absolute Gasteiger partial charge is 0.289 e. The minimum atomic E-state index is -0.386. The number of hydrogen-bond acceptors (Lipinski definition) is 2. The Labute approximate surface area is 105 Å². The lowest BCUT2D eigenvalue weighted by molar-refractivity contribution is 0.103. The number of thiophene rings is 1. The van der Waals surface area contributed by atoms with Crippen molar-refractivity contribution in [1.29, 1.82) is 0 Å². The quantitative estimate of drug-likeness (QED) is 0.760. The van der Waals surface area contributed by atoms with Crippen molar-refractivity contribution in [3.63, 3.8) is 0 Å². The van der Waals surface area contributed by atoms with Crippen LogP contribution in [0.25, 0.3) is 0 Å². The minimum absolute atomic E-state index is 0.140. The maximum atomic E-state index is 13.1. The van der Waals surface area contributed by atoms with Crippen LogP contribution in [0, 0.1) is 12.7 Å². The van der Waals surface area contributed by atoms with Gasteiger partial charge >= 0.3 is 0 Å². The van der Waals surface area contributed by atoms with E-state index in [-0.39, 0.29) is 11.6 Å². The molecule has 2 rings (SSSR count). The second-order valence-electron chi connectivity index (χ2n) is 3.43. The molecule has 0 aliphatic heterocycles. The molecule has 1 nitrogen and oxygen atoms in total. The second-order valence-corrected chi connectivity index (χ2v) is 5.72. The van der Waals surface area contributed by atoms with Crippen molar-refractivity contribution in [2.75, 3.05) is 0 Å². The number of carbonyl (C=O) groups excluding carboxylic acids is 1. The van der Waals surface area contributed by atoms with Crippen LogP contribution in [-0.2, 0) is 0 Å². The predicted octanol–water partition coefficient (Wildman–Crippen LogP) is 4.19. The first-order chi connectivity index (χ1) is 7.58. The van der Waals surface area contributed by atoms with E-state index in [0.717, 1.165) is 9.35 Å². The molecule has 0 radical (unpaired) electrons. The monoisotopic (exact) mass is 298 g/mol. The van der Waals surface area contributed by atoms with Crippen molar-refractivity contribution >= 4 is 33.0 Å². The molecule has 1 heterocycles. The van der Waals surface area contributed by atoms with Gasteiger partial charge in [0, 0.05) is 16.5 Å². The lowest BCUT2D eigenvalue weighted by Crippen LogP contribution is -2.02. The molecule has 0 unspecified atom stereocenters. The van der Waals surface area contributed by atoms with E-state index < -0.39 is 0 Å². The van der Waals surface area contributed by atoms with Crippen molar-refractivity contribution in [1.82, 2.24) is 0 Å². The van der Waals surface area contributed by atoms with Crippen LogP contribution in [0.2, 0.25) is 0 Å². The molecule has 0 fully saturated rings. The SMILES string of the molecule is Cc1ccc(F)cc1C(=O)c1csc(Br)c1. The zero-order valence-electron chi connectivity index (χ0n) is 8.46. The fourth-order valence-corrected chi connectivity index (χ4v) is 2.56. The van der Waals surface area contributed by atoms with Gasteiger partial charge in [-0.2, -0.15) is 0 Å². The standard InChI is InChI=1S/C12H8BrFOS/c1-7-2-3-9(14)5-10(7)12(15)8-4-11(13)16-6-8/h2-6H,1H3. The van der Waals surface area contributed by atoms with Gasteiger partial charge in [-0.3, -0.25) is 4.79 Å². The van der Waals surface area contributed by atoms with Crippen LogP contribution in [0.1, 0.15) is 21.5 Å². The third kappa shape index (κ3) is 2.23. The molecule has 4 heteroatoms. The van der Waals surface area contributed by atoms with Gasteiger partial charge in [-0.1, -0.05) is 6.07 Å². The smallest absolute Gasteiger partial charge is 0.194 e. The maximum Gasteiger partial charge on any atom is 0.194 e. The highest BCUT2D eigenvalue weighted by atomic mass is 79.9. The van der Waals surface area contributed by atoms with E-state index in [1.54, 1.807) is 24.4 Å². The molecule has 0 amide bonds. The number of hydrogen-bond donors (Lipinski definition) is 0. The first kappa shape index (κ1) is 11.5. The Kier molecular flexibility index (Phi) is 3.21. The topological polar surface area (TPSA) is 17.1 Å². The zero-order valence-corrected chi connectivity index (χ0v) is 10.9. The van der Waals surface area contributed by atoms with E-state index in [1.807, 2.05) is 0 Å². The van der Waals surface area contributed by atoms with Crippen LogP contribution >= 0.6 is 27.3 Å². The third-order valence-electron chi connectivity index (χ3n) is 2.27. The van der Waals surface area contributed by atoms with E-state index in [9.17, 15) is 9.18 Å². The van der Waals surface area contributed by atoms with E-state index in [4.69, 9.17) is 0 Å². The Morgan fingerprint density at radius 3 is 2.75 bits per heavy atom. The summed E-state index contributed by atoms with van der Waals surface area (Å²) in [5.41, 5.74) is 1.80. The van der Waals surface area contributed by atoms with E-state index >= 15 is 0 Å². The number of rotatable bonds is 2. The Hall–Kier alpha value is -1.00. The van der Waals surface area contributed by atoms with Crippen molar-refractivity contribution < 1.29 is 9.18 Å². The first-order valence-corrected chi connectivity index (χ1v) is 6.30. The van der Waals surface area contributed by atoms with E-state index in [0.29, 0.717) is 11.1 Å². The highest BCUT2D eigenvalue weighted by Crippen LogP contribution is 2.24. The molecule has 0 bridgehead atoms. The summed E-state index contributed by atoms with van der Waals surface area (Å²) in [5.74, 6) is -0.526. The van der Waals surface area contributed by atoms with Gasteiger partial charge in [0.15, 0.2) is 5.78 Å². The third-order valence-corrected chi connectivity index (χ3v) is 3.78. The van der Waals surface area contributed by atoms with Gasteiger partial charge in [0.1, 0.15) is 5.82 Å². The molecule has 0 spiro atoms. The predicted molar refractivity (Wildman–Crippen MR) is 66.6 cm³/mol. The summed E-state index contributed by atoms with van der Waals surface area (Å²) in [4.78, 5) is 12.1. The summed E-state index contributed by atoms with van der Waals surface area (Å²) in [6, 6.07) is 6.00. The highest BCUT2D eigenvalue weighted by Gasteiger charge is 2.13. The molecule has 0 aliphatic rings. The van der Waals surface area contributed by atoms with Crippen molar-refractivity contribution in [2.24, 2.45) is 0 Å². The van der Waals surface area contributed by atoms with Crippen LogP contribution in [0.15, 0.2) is 33.4 Å². The highest BCUT2D eigenvalue weighted by molar-refractivity contribution is 9.11. The van der Waals surface area contributed by atoms with Crippen LogP contribution in [-0.4, -0.2) is 5.78 Å². The molecule has 16 heavy (non-hydrogen) atoms.